The molecule has 0 aliphatic carbocycles. The standard InChI is InChI=1S/C24H28N4O2S/c1-17-8-9-21-20(13-17)22(27-10-4-6-19(25)16-27)14-24(26-21)28-11-12-31(29,30)23-7-3-2-5-18(23)15-28/h2-3,5,7-9,13-14,19H,4,6,10-12,15-16,25H2,1H3. The Labute approximate surface area is 183 Å². The molecule has 7 heteroatoms. The first kappa shape index (κ1) is 20.3. The number of aryl methyl sites for hydroxylation is 1. The van der Waals surface area contributed by atoms with Gasteiger partial charge in [-0.2, -0.15) is 0 Å². The minimum atomic E-state index is -3.30. The van der Waals surface area contributed by atoms with Gasteiger partial charge in [0.2, 0.25) is 0 Å². The lowest BCUT2D eigenvalue weighted by molar-refractivity contribution is 0.507. The number of hydrogen-bond donors (Lipinski definition) is 1. The Morgan fingerprint density at radius 2 is 1.90 bits per heavy atom. The van der Waals surface area contributed by atoms with Gasteiger partial charge in [-0.25, -0.2) is 13.4 Å². The Morgan fingerprint density at radius 1 is 1.06 bits per heavy atom. The maximum atomic E-state index is 12.8. The minimum absolute atomic E-state index is 0.0849. The summed E-state index contributed by atoms with van der Waals surface area (Å²) < 4.78 is 25.6. The molecule has 2 aliphatic heterocycles. The molecule has 3 heterocycles. The molecule has 0 saturated carbocycles. The van der Waals surface area contributed by atoms with E-state index in [-0.39, 0.29) is 11.8 Å². The fourth-order valence-corrected chi connectivity index (χ4v) is 6.22. The van der Waals surface area contributed by atoms with Crippen molar-refractivity contribution in [3.8, 4) is 0 Å². The molecule has 162 valence electrons. The van der Waals surface area contributed by atoms with Crippen molar-refractivity contribution in [2.45, 2.75) is 37.2 Å². The number of benzene rings is 2. The van der Waals surface area contributed by atoms with Crippen LogP contribution in [-0.4, -0.2) is 44.8 Å². The molecule has 2 aromatic carbocycles. The van der Waals surface area contributed by atoms with Gasteiger partial charge in [0.15, 0.2) is 9.84 Å². The van der Waals surface area contributed by atoms with E-state index in [0.29, 0.717) is 18.0 Å². The normalized spacial score (nSPS) is 21.0. The van der Waals surface area contributed by atoms with Gasteiger partial charge >= 0.3 is 0 Å². The highest BCUT2D eigenvalue weighted by Crippen LogP contribution is 2.34. The van der Waals surface area contributed by atoms with Crippen molar-refractivity contribution < 1.29 is 8.42 Å². The number of rotatable bonds is 2. The molecule has 1 saturated heterocycles. The molecule has 2 aliphatic rings. The molecule has 1 atom stereocenters. The van der Waals surface area contributed by atoms with Crippen LogP contribution >= 0.6 is 0 Å². The third-order valence-electron chi connectivity index (χ3n) is 6.35. The van der Waals surface area contributed by atoms with E-state index in [9.17, 15) is 8.42 Å². The van der Waals surface area contributed by atoms with E-state index in [1.54, 1.807) is 12.1 Å². The van der Waals surface area contributed by atoms with Gasteiger partial charge in [-0.1, -0.05) is 29.8 Å². The van der Waals surface area contributed by atoms with E-state index in [2.05, 4.69) is 41.0 Å². The Balaban J connectivity index is 1.61. The molecule has 5 rings (SSSR count). The van der Waals surface area contributed by atoms with E-state index in [1.807, 2.05) is 12.1 Å². The number of anilines is 2. The van der Waals surface area contributed by atoms with Crippen LogP contribution in [0.25, 0.3) is 10.9 Å². The topological polar surface area (TPSA) is 79.5 Å². The lowest BCUT2D eigenvalue weighted by Crippen LogP contribution is -2.43. The fraction of sp³-hybridized carbons (Fsp3) is 0.375. The predicted molar refractivity (Wildman–Crippen MR) is 125 cm³/mol. The molecule has 2 N–H and O–H groups in total. The number of piperidine rings is 1. The van der Waals surface area contributed by atoms with E-state index in [0.717, 1.165) is 53.9 Å². The first-order chi connectivity index (χ1) is 14.9. The molecule has 0 amide bonds. The highest BCUT2D eigenvalue weighted by Gasteiger charge is 2.27. The molecule has 6 nitrogen and oxygen atoms in total. The summed E-state index contributed by atoms with van der Waals surface area (Å²) in [6.07, 6.45) is 2.12. The second kappa shape index (κ2) is 7.80. The number of aromatic nitrogens is 1. The second-order valence-corrected chi connectivity index (χ2v) is 10.8. The van der Waals surface area contributed by atoms with Crippen LogP contribution in [-0.2, 0) is 16.4 Å². The highest BCUT2D eigenvalue weighted by atomic mass is 32.2. The van der Waals surface area contributed by atoms with Gasteiger partial charge in [-0.3, -0.25) is 0 Å². The van der Waals surface area contributed by atoms with Crippen LogP contribution in [0.3, 0.4) is 0 Å². The molecule has 0 spiro atoms. The highest BCUT2D eigenvalue weighted by molar-refractivity contribution is 7.91. The third-order valence-corrected chi connectivity index (χ3v) is 8.14. The molecule has 3 aromatic rings. The van der Waals surface area contributed by atoms with Gasteiger partial charge in [0, 0.05) is 49.4 Å². The van der Waals surface area contributed by atoms with E-state index >= 15 is 0 Å². The lowest BCUT2D eigenvalue weighted by Gasteiger charge is -2.34. The van der Waals surface area contributed by atoms with Gasteiger partial charge in [0.25, 0.3) is 0 Å². The molecule has 0 radical (unpaired) electrons. The van der Waals surface area contributed by atoms with Gasteiger partial charge in [0.05, 0.1) is 16.2 Å². The summed E-state index contributed by atoms with van der Waals surface area (Å²) in [6.45, 7) is 4.83. The average Bonchev–Trinajstić information content (AvgIpc) is 2.89. The van der Waals surface area contributed by atoms with Crippen LogP contribution in [0, 0.1) is 6.92 Å². The summed E-state index contributed by atoms with van der Waals surface area (Å²) in [4.78, 5) is 9.85. The Hall–Kier alpha value is -2.64. The zero-order valence-electron chi connectivity index (χ0n) is 17.8. The molecule has 1 unspecified atom stereocenters. The number of sulfone groups is 1. The number of fused-ring (bicyclic) bond motifs is 2. The van der Waals surface area contributed by atoms with Crippen LogP contribution in [0.1, 0.15) is 24.0 Å². The van der Waals surface area contributed by atoms with E-state index in [1.165, 1.54) is 5.56 Å². The van der Waals surface area contributed by atoms with Crippen molar-refractivity contribution in [3.05, 3.63) is 59.7 Å². The van der Waals surface area contributed by atoms with Crippen molar-refractivity contribution in [2.75, 3.05) is 35.2 Å². The smallest absolute Gasteiger partial charge is 0.180 e. The SMILES string of the molecule is Cc1ccc2nc(N3CCS(=O)(=O)c4ccccc4C3)cc(N3CCCC(N)C3)c2c1. The first-order valence-electron chi connectivity index (χ1n) is 10.9. The Kier molecular flexibility index (Phi) is 5.10. The first-order valence-corrected chi connectivity index (χ1v) is 12.5. The Morgan fingerprint density at radius 3 is 2.74 bits per heavy atom. The number of nitrogens with zero attached hydrogens (tertiary/aromatic N) is 3. The van der Waals surface area contributed by atoms with Crippen molar-refractivity contribution >= 4 is 32.2 Å². The van der Waals surface area contributed by atoms with Crippen LogP contribution in [0.5, 0.6) is 0 Å². The van der Waals surface area contributed by atoms with Crippen LogP contribution in [0.15, 0.2) is 53.4 Å². The fourth-order valence-electron chi connectivity index (χ4n) is 4.72. The van der Waals surface area contributed by atoms with Crippen molar-refractivity contribution in [1.29, 1.82) is 0 Å². The summed E-state index contributed by atoms with van der Waals surface area (Å²) in [5.41, 5.74) is 10.4. The monoisotopic (exact) mass is 436 g/mol. The van der Waals surface area contributed by atoms with Gasteiger partial charge in [0.1, 0.15) is 5.82 Å². The van der Waals surface area contributed by atoms with Crippen molar-refractivity contribution in [3.63, 3.8) is 0 Å². The summed E-state index contributed by atoms with van der Waals surface area (Å²) in [6, 6.07) is 15.9. The van der Waals surface area contributed by atoms with Gasteiger partial charge < -0.3 is 15.5 Å². The maximum absolute atomic E-state index is 12.8. The van der Waals surface area contributed by atoms with Gasteiger partial charge in [-0.05, 0) is 43.5 Å². The zero-order chi connectivity index (χ0) is 21.6. The summed E-state index contributed by atoms with van der Waals surface area (Å²) >= 11 is 0. The summed E-state index contributed by atoms with van der Waals surface area (Å²) in [5, 5.41) is 1.13. The third kappa shape index (κ3) is 3.88. The number of pyridine rings is 1. The molecular weight excluding hydrogens is 408 g/mol. The summed E-state index contributed by atoms with van der Waals surface area (Å²) in [5.74, 6) is 0.902. The van der Waals surface area contributed by atoms with Gasteiger partial charge in [-0.15, -0.1) is 0 Å². The molecule has 1 aromatic heterocycles. The second-order valence-electron chi connectivity index (χ2n) is 8.72. The van der Waals surface area contributed by atoms with Crippen LogP contribution in [0.4, 0.5) is 11.5 Å². The largest absolute Gasteiger partial charge is 0.369 e. The molecule has 1 fully saturated rings. The van der Waals surface area contributed by atoms with Crippen LogP contribution < -0.4 is 15.5 Å². The van der Waals surface area contributed by atoms with E-state index < -0.39 is 9.84 Å². The molecular formula is C24H28N4O2S. The zero-order valence-corrected chi connectivity index (χ0v) is 18.6. The average molecular weight is 437 g/mol. The molecule has 0 bridgehead atoms. The Bertz CT molecular complexity index is 1240. The number of hydrogen-bond acceptors (Lipinski definition) is 6. The predicted octanol–water partition coefficient (Wildman–Crippen LogP) is 3.26. The van der Waals surface area contributed by atoms with Crippen molar-refractivity contribution in [2.24, 2.45) is 5.73 Å². The summed E-state index contributed by atoms with van der Waals surface area (Å²) in [7, 11) is -3.30. The maximum Gasteiger partial charge on any atom is 0.180 e. The minimum Gasteiger partial charge on any atom is -0.369 e. The lowest BCUT2D eigenvalue weighted by atomic mass is 10.0. The van der Waals surface area contributed by atoms with Crippen LogP contribution in [0.2, 0.25) is 0 Å². The number of nitrogens with two attached hydrogens (primary N) is 1. The van der Waals surface area contributed by atoms with E-state index in [4.69, 9.17) is 10.7 Å². The van der Waals surface area contributed by atoms with Crippen molar-refractivity contribution in [1.82, 2.24) is 4.98 Å². The molecule has 31 heavy (non-hydrogen) atoms. The quantitative estimate of drug-likeness (QED) is 0.664.